The summed E-state index contributed by atoms with van der Waals surface area (Å²) in [6.07, 6.45) is 3.08. The molecule has 2 heteroatoms. The van der Waals surface area contributed by atoms with Crippen LogP contribution in [0.15, 0.2) is 18.2 Å². The Balaban J connectivity index is 2.00. The number of benzene rings is 1. The molecule has 2 rings (SSSR count). The summed E-state index contributed by atoms with van der Waals surface area (Å²) < 4.78 is 5.48. The van der Waals surface area contributed by atoms with E-state index in [9.17, 15) is 5.11 Å². The molecule has 1 heterocycles. The summed E-state index contributed by atoms with van der Waals surface area (Å²) in [7, 11) is 0. The van der Waals surface area contributed by atoms with Crippen molar-refractivity contribution in [2.45, 2.75) is 33.1 Å². The van der Waals surface area contributed by atoms with Crippen molar-refractivity contribution in [3.05, 3.63) is 29.3 Å². The highest BCUT2D eigenvalue weighted by Crippen LogP contribution is 2.28. The fraction of sp³-hybridized carbons (Fsp3) is 0.571. The molecule has 1 aliphatic rings. The van der Waals surface area contributed by atoms with Crippen LogP contribution in [0, 0.1) is 5.41 Å². The second-order valence-electron chi connectivity index (χ2n) is 5.36. The zero-order chi connectivity index (χ0) is 11.6. The van der Waals surface area contributed by atoms with Gasteiger partial charge in [0.1, 0.15) is 5.75 Å². The lowest BCUT2D eigenvalue weighted by atomic mass is 9.87. The molecule has 1 N–H and O–H groups in total. The van der Waals surface area contributed by atoms with Gasteiger partial charge in [0.25, 0.3) is 0 Å². The summed E-state index contributed by atoms with van der Waals surface area (Å²) in [5.41, 5.74) is 2.71. The van der Waals surface area contributed by atoms with E-state index in [2.05, 4.69) is 32.0 Å². The number of aliphatic hydroxyl groups excluding tert-OH is 1. The fourth-order valence-corrected chi connectivity index (χ4v) is 1.96. The van der Waals surface area contributed by atoms with E-state index >= 15 is 0 Å². The lowest BCUT2D eigenvalue weighted by Gasteiger charge is -2.21. The van der Waals surface area contributed by atoms with Gasteiger partial charge in [0.2, 0.25) is 0 Å². The number of fused-ring (bicyclic) bond motifs is 1. The molecule has 0 amide bonds. The van der Waals surface area contributed by atoms with E-state index in [1.165, 1.54) is 11.1 Å². The predicted octanol–water partition coefficient (Wildman–Crippen LogP) is 2.57. The van der Waals surface area contributed by atoms with E-state index in [1.807, 2.05) is 0 Å². The van der Waals surface area contributed by atoms with Gasteiger partial charge in [0.05, 0.1) is 6.61 Å². The zero-order valence-electron chi connectivity index (χ0n) is 10.1. The molecule has 0 aliphatic carbocycles. The van der Waals surface area contributed by atoms with E-state index in [-0.39, 0.29) is 12.0 Å². The van der Waals surface area contributed by atoms with E-state index in [0.717, 1.165) is 31.6 Å². The Kier molecular flexibility index (Phi) is 3.20. The Morgan fingerprint density at radius 1 is 1.38 bits per heavy atom. The molecule has 16 heavy (non-hydrogen) atoms. The van der Waals surface area contributed by atoms with Crippen molar-refractivity contribution in [1.82, 2.24) is 0 Å². The van der Waals surface area contributed by atoms with Crippen molar-refractivity contribution in [1.29, 1.82) is 0 Å². The molecule has 0 fully saturated rings. The molecule has 0 radical (unpaired) electrons. The molecule has 0 bridgehead atoms. The van der Waals surface area contributed by atoms with Gasteiger partial charge in [-0.25, -0.2) is 0 Å². The first-order valence-corrected chi connectivity index (χ1v) is 5.96. The fourth-order valence-electron chi connectivity index (χ4n) is 1.96. The van der Waals surface area contributed by atoms with Crippen LogP contribution in [-0.2, 0) is 12.8 Å². The monoisotopic (exact) mass is 220 g/mol. The summed E-state index contributed by atoms with van der Waals surface area (Å²) in [5.74, 6) is 1.05. The largest absolute Gasteiger partial charge is 0.493 e. The van der Waals surface area contributed by atoms with Crippen molar-refractivity contribution in [2.75, 3.05) is 13.2 Å². The van der Waals surface area contributed by atoms with E-state index < -0.39 is 0 Å². The summed E-state index contributed by atoms with van der Waals surface area (Å²) in [6, 6.07) is 6.46. The molecule has 1 aromatic rings. The van der Waals surface area contributed by atoms with Gasteiger partial charge in [0.15, 0.2) is 0 Å². The first kappa shape index (κ1) is 11.5. The molecule has 1 aliphatic heterocycles. The number of hydrogen-bond donors (Lipinski definition) is 1. The van der Waals surface area contributed by atoms with Gasteiger partial charge in [-0.1, -0.05) is 26.0 Å². The van der Waals surface area contributed by atoms with Gasteiger partial charge < -0.3 is 9.84 Å². The molecule has 2 nitrogen and oxygen atoms in total. The van der Waals surface area contributed by atoms with Crippen molar-refractivity contribution in [3.8, 4) is 5.75 Å². The minimum absolute atomic E-state index is 0.0233. The second-order valence-corrected chi connectivity index (χ2v) is 5.36. The maximum absolute atomic E-state index is 9.21. The molecule has 0 saturated carbocycles. The molecule has 88 valence electrons. The highest BCUT2D eigenvalue weighted by atomic mass is 16.5. The Bertz CT molecular complexity index is 369. The Labute approximate surface area is 97.3 Å². The standard InChI is InChI=1S/C14H20O2/c1-14(2,10-15)7-5-11-3-4-13-12(9-11)6-8-16-13/h3-4,9,15H,5-8,10H2,1-2H3. The maximum Gasteiger partial charge on any atom is 0.122 e. The first-order chi connectivity index (χ1) is 7.61. The van der Waals surface area contributed by atoms with Crippen LogP contribution in [-0.4, -0.2) is 18.3 Å². The minimum Gasteiger partial charge on any atom is -0.493 e. The summed E-state index contributed by atoms with van der Waals surface area (Å²) in [5, 5.41) is 9.21. The third-order valence-corrected chi connectivity index (χ3v) is 3.27. The average molecular weight is 220 g/mol. The van der Waals surface area contributed by atoms with Gasteiger partial charge in [-0.05, 0) is 35.4 Å². The summed E-state index contributed by atoms with van der Waals surface area (Å²) >= 11 is 0. The molecule has 0 unspecified atom stereocenters. The van der Waals surface area contributed by atoms with Crippen LogP contribution in [0.3, 0.4) is 0 Å². The highest BCUT2D eigenvalue weighted by Gasteiger charge is 2.17. The number of hydrogen-bond acceptors (Lipinski definition) is 2. The molecule has 1 aromatic carbocycles. The van der Waals surface area contributed by atoms with Gasteiger partial charge >= 0.3 is 0 Å². The second kappa shape index (κ2) is 4.46. The Morgan fingerprint density at radius 3 is 2.94 bits per heavy atom. The van der Waals surface area contributed by atoms with Crippen molar-refractivity contribution in [3.63, 3.8) is 0 Å². The number of rotatable bonds is 4. The number of aryl methyl sites for hydroxylation is 1. The summed E-state index contributed by atoms with van der Waals surface area (Å²) in [6.45, 7) is 5.27. The maximum atomic E-state index is 9.21. The Hall–Kier alpha value is -1.02. The molecular formula is C14H20O2. The lowest BCUT2D eigenvalue weighted by Crippen LogP contribution is -2.17. The zero-order valence-corrected chi connectivity index (χ0v) is 10.1. The topological polar surface area (TPSA) is 29.5 Å². The van der Waals surface area contributed by atoms with Gasteiger partial charge in [0, 0.05) is 13.0 Å². The van der Waals surface area contributed by atoms with Crippen LogP contribution in [0.25, 0.3) is 0 Å². The quantitative estimate of drug-likeness (QED) is 0.845. The molecule has 0 saturated heterocycles. The number of ether oxygens (including phenoxy) is 1. The van der Waals surface area contributed by atoms with Crippen LogP contribution in [0.1, 0.15) is 31.4 Å². The highest BCUT2D eigenvalue weighted by molar-refractivity contribution is 5.39. The van der Waals surface area contributed by atoms with Gasteiger partial charge in [-0.3, -0.25) is 0 Å². The van der Waals surface area contributed by atoms with Gasteiger partial charge in [-0.15, -0.1) is 0 Å². The Morgan fingerprint density at radius 2 is 2.19 bits per heavy atom. The summed E-state index contributed by atoms with van der Waals surface area (Å²) in [4.78, 5) is 0. The van der Waals surface area contributed by atoms with E-state index in [0.29, 0.717) is 0 Å². The lowest BCUT2D eigenvalue weighted by molar-refractivity contribution is 0.151. The predicted molar refractivity (Wildman–Crippen MR) is 64.8 cm³/mol. The van der Waals surface area contributed by atoms with Crippen molar-refractivity contribution >= 4 is 0 Å². The average Bonchev–Trinajstić information content (AvgIpc) is 2.73. The third kappa shape index (κ3) is 2.56. The molecule has 0 aromatic heterocycles. The van der Waals surface area contributed by atoms with Crippen LogP contribution in [0.2, 0.25) is 0 Å². The third-order valence-electron chi connectivity index (χ3n) is 3.27. The smallest absolute Gasteiger partial charge is 0.122 e. The van der Waals surface area contributed by atoms with Crippen LogP contribution in [0.5, 0.6) is 5.75 Å². The van der Waals surface area contributed by atoms with E-state index in [4.69, 9.17) is 4.74 Å². The van der Waals surface area contributed by atoms with Crippen LogP contribution >= 0.6 is 0 Å². The van der Waals surface area contributed by atoms with Crippen LogP contribution < -0.4 is 4.74 Å². The van der Waals surface area contributed by atoms with Crippen molar-refractivity contribution < 1.29 is 9.84 Å². The first-order valence-electron chi connectivity index (χ1n) is 5.96. The normalized spacial score (nSPS) is 14.7. The number of aliphatic hydroxyl groups is 1. The molecule has 0 spiro atoms. The van der Waals surface area contributed by atoms with Gasteiger partial charge in [-0.2, -0.15) is 0 Å². The van der Waals surface area contributed by atoms with E-state index in [1.54, 1.807) is 0 Å². The van der Waals surface area contributed by atoms with Crippen molar-refractivity contribution in [2.24, 2.45) is 5.41 Å². The molecular weight excluding hydrogens is 200 g/mol. The SMILES string of the molecule is CC(C)(CO)CCc1ccc2c(c1)CCO2. The van der Waals surface area contributed by atoms with Crippen LogP contribution in [0.4, 0.5) is 0 Å². The minimum atomic E-state index is 0.0233. The molecule has 0 atom stereocenters.